The molecule has 0 radical (unpaired) electrons. The Hall–Kier alpha value is 0.0300. The number of hydrogen-bond donors (Lipinski definition) is 4. The zero-order valence-electron chi connectivity index (χ0n) is 9.50. The molecule has 6 nitrogen and oxygen atoms in total. The standard InChI is InChI=1S/C9H21O6P/c1-2-3-4-5-9(6-10,7-11)8-15-16(12,13)14/h10-11H,2-8H2,1H3,(H2,12,13,14). The van der Waals surface area contributed by atoms with Crippen LogP contribution in [0.3, 0.4) is 0 Å². The van der Waals surface area contributed by atoms with Crippen LogP contribution in [-0.2, 0) is 9.09 Å². The lowest BCUT2D eigenvalue weighted by Crippen LogP contribution is -2.34. The summed E-state index contributed by atoms with van der Waals surface area (Å²) in [7, 11) is -4.55. The molecular weight excluding hydrogens is 235 g/mol. The maximum atomic E-state index is 10.5. The van der Waals surface area contributed by atoms with Gasteiger partial charge in [0.15, 0.2) is 0 Å². The molecule has 0 aromatic rings. The summed E-state index contributed by atoms with van der Waals surface area (Å²) in [6.45, 7) is 0.972. The molecule has 0 unspecified atom stereocenters. The van der Waals surface area contributed by atoms with E-state index in [0.717, 1.165) is 19.3 Å². The van der Waals surface area contributed by atoms with Gasteiger partial charge in [-0.1, -0.05) is 26.2 Å². The highest BCUT2D eigenvalue weighted by atomic mass is 31.2. The molecule has 0 aliphatic carbocycles. The molecule has 0 amide bonds. The van der Waals surface area contributed by atoms with Gasteiger partial charge < -0.3 is 20.0 Å². The number of aliphatic hydroxyl groups is 2. The van der Waals surface area contributed by atoms with Gasteiger partial charge in [0.25, 0.3) is 0 Å². The van der Waals surface area contributed by atoms with Crippen molar-refractivity contribution in [1.82, 2.24) is 0 Å². The number of unbranched alkanes of at least 4 members (excludes halogenated alkanes) is 2. The van der Waals surface area contributed by atoms with Crippen LogP contribution in [-0.4, -0.2) is 39.8 Å². The molecule has 0 heterocycles. The van der Waals surface area contributed by atoms with Gasteiger partial charge in [-0.05, 0) is 6.42 Å². The third kappa shape index (κ3) is 6.58. The van der Waals surface area contributed by atoms with Gasteiger partial charge in [0, 0.05) is 5.41 Å². The first-order valence-corrected chi connectivity index (χ1v) is 6.84. The topological polar surface area (TPSA) is 107 Å². The van der Waals surface area contributed by atoms with Crippen molar-refractivity contribution in [1.29, 1.82) is 0 Å². The van der Waals surface area contributed by atoms with Crippen LogP contribution >= 0.6 is 7.82 Å². The van der Waals surface area contributed by atoms with Crippen molar-refractivity contribution in [2.75, 3.05) is 19.8 Å². The Balaban J connectivity index is 4.26. The molecule has 0 rings (SSSR count). The van der Waals surface area contributed by atoms with E-state index in [2.05, 4.69) is 4.52 Å². The van der Waals surface area contributed by atoms with Crippen molar-refractivity contribution in [2.24, 2.45) is 5.41 Å². The molecule has 0 bridgehead atoms. The molecule has 0 atom stereocenters. The van der Waals surface area contributed by atoms with Gasteiger partial charge in [-0.25, -0.2) is 4.57 Å². The van der Waals surface area contributed by atoms with E-state index in [1.807, 2.05) is 6.92 Å². The van der Waals surface area contributed by atoms with Crippen LogP contribution in [0, 0.1) is 5.41 Å². The van der Waals surface area contributed by atoms with Crippen LogP contribution in [0.4, 0.5) is 0 Å². The van der Waals surface area contributed by atoms with E-state index in [-0.39, 0.29) is 19.8 Å². The molecule has 0 saturated carbocycles. The largest absolute Gasteiger partial charge is 0.469 e. The number of phosphoric ester groups is 1. The van der Waals surface area contributed by atoms with E-state index < -0.39 is 13.2 Å². The third-order valence-corrected chi connectivity index (χ3v) is 2.99. The van der Waals surface area contributed by atoms with Gasteiger partial charge in [-0.2, -0.15) is 0 Å². The van der Waals surface area contributed by atoms with E-state index in [1.54, 1.807) is 0 Å². The Morgan fingerprint density at radius 2 is 1.75 bits per heavy atom. The van der Waals surface area contributed by atoms with E-state index in [9.17, 15) is 14.8 Å². The van der Waals surface area contributed by atoms with Crippen molar-refractivity contribution in [2.45, 2.75) is 32.6 Å². The predicted molar refractivity (Wildman–Crippen MR) is 58.7 cm³/mol. The highest BCUT2D eigenvalue weighted by molar-refractivity contribution is 7.46. The van der Waals surface area contributed by atoms with E-state index in [4.69, 9.17) is 9.79 Å². The SMILES string of the molecule is CCCCCC(CO)(CO)COP(=O)(O)O. The monoisotopic (exact) mass is 256 g/mol. The van der Waals surface area contributed by atoms with Crippen molar-refractivity contribution in [3.05, 3.63) is 0 Å². The van der Waals surface area contributed by atoms with Crippen LogP contribution in [0.5, 0.6) is 0 Å². The summed E-state index contributed by atoms with van der Waals surface area (Å²) < 4.78 is 14.9. The zero-order valence-corrected chi connectivity index (χ0v) is 10.4. The molecule has 0 aliphatic heterocycles. The second-order valence-corrected chi connectivity index (χ2v) is 5.28. The summed E-state index contributed by atoms with van der Waals surface area (Å²) in [4.78, 5) is 17.1. The molecule has 7 heteroatoms. The quantitative estimate of drug-likeness (QED) is 0.356. The molecule has 98 valence electrons. The van der Waals surface area contributed by atoms with Gasteiger partial charge in [-0.3, -0.25) is 4.52 Å². The molecule has 16 heavy (non-hydrogen) atoms. The lowest BCUT2D eigenvalue weighted by molar-refractivity contribution is -0.00233. The summed E-state index contributed by atoms with van der Waals surface area (Å²) in [5.41, 5.74) is -0.962. The second kappa shape index (κ2) is 7.37. The molecule has 0 fully saturated rings. The molecule has 0 saturated heterocycles. The van der Waals surface area contributed by atoms with Crippen LogP contribution in [0.25, 0.3) is 0 Å². The smallest absolute Gasteiger partial charge is 0.396 e. The molecule has 4 N–H and O–H groups in total. The summed E-state index contributed by atoms with van der Waals surface area (Å²) in [6, 6.07) is 0. The number of aliphatic hydroxyl groups excluding tert-OH is 2. The fraction of sp³-hybridized carbons (Fsp3) is 1.00. The second-order valence-electron chi connectivity index (χ2n) is 4.04. The summed E-state index contributed by atoms with van der Waals surface area (Å²) >= 11 is 0. The Morgan fingerprint density at radius 1 is 1.19 bits per heavy atom. The van der Waals surface area contributed by atoms with Gasteiger partial charge >= 0.3 is 7.82 Å². The van der Waals surface area contributed by atoms with Crippen LogP contribution in [0.15, 0.2) is 0 Å². The fourth-order valence-corrected chi connectivity index (χ4v) is 1.78. The normalized spacial score (nSPS) is 13.1. The van der Waals surface area contributed by atoms with Gasteiger partial charge in [-0.15, -0.1) is 0 Å². The summed E-state index contributed by atoms with van der Waals surface area (Å²) in [5, 5.41) is 18.4. The lowest BCUT2D eigenvalue weighted by Gasteiger charge is -2.29. The van der Waals surface area contributed by atoms with Gasteiger partial charge in [0.05, 0.1) is 19.8 Å². The average molecular weight is 256 g/mol. The minimum absolute atomic E-state index is 0.339. The van der Waals surface area contributed by atoms with Crippen molar-refractivity contribution in [3.8, 4) is 0 Å². The summed E-state index contributed by atoms with van der Waals surface area (Å²) in [5.74, 6) is 0. The Kier molecular flexibility index (Phi) is 7.39. The number of rotatable bonds is 9. The first kappa shape index (κ1) is 16.0. The molecule has 0 aromatic heterocycles. The number of phosphoric acid groups is 1. The Morgan fingerprint density at radius 3 is 2.12 bits per heavy atom. The number of hydrogen-bond acceptors (Lipinski definition) is 4. The van der Waals surface area contributed by atoms with Crippen molar-refractivity contribution >= 4 is 7.82 Å². The fourth-order valence-electron chi connectivity index (χ4n) is 1.34. The van der Waals surface area contributed by atoms with Gasteiger partial charge in [0.2, 0.25) is 0 Å². The molecule has 0 spiro atoms. The molecule has 0 aliphatic rings. The highest BCUT2D eigenvalue weighted by Crippen LogP contribution is 2.39. The van der Waals surface area contributed by atoms with E-state index in [1.165, 1.54) is 0 Å². The van der Waals surface area contributed by atoms with Crippen molar-refractivity contribution < 1.29 is 29.1 Å². The maximum Gasteiger partial charge on any atom is 0.469 e. The van der Waals surface area contributed by atoms with Gasteiger partial charge in [0.1, 0.15) is 0 Å². The van der Waals surface area contributed by atoms with E-state index >= 15 is 0 Å². The van der Waals surface area contributed by atoms with E-state index in [0.29, 0.717) is 6.42 Å². The molecular formula is C9H21O6P. The highest BCUT2D eigenvalue weighted by Gasteiger charge is 2.31. The predicted octanol–water partition coefficient (Wildman–Crippen LogP) is 0.647. The first-order valence-electron chi connectivity index (χ1n) is 5.31. The third-order valence-electron chi connectivity index (χ3n) is 2.52. The average Bonchev–Trinajstić information content (AvgIpc) is 2.23. The minimum Gasteiger partial charge on any atom is -0.396 e. The Bertz CT molecular complexity index is 222. The summed E-state index contributed by atoms with van der Waals surface area (Å²) in [6.07, 6.45) is 3.19. The van der Waals surface area contributed by atoms with Crippen LogP contribution < -0.4 is 0 Å². The van der Waals surface area contributed by atoms with Crippen LogP contribution in [0.1, 0.15) is 32.6 Å². The van der Waals surface area contributed by atoms with Crippen molar-refractivity contribution in [3.63, 3.8) is 0 Å². The van der Waals surface area contributed by atoms with Crippen LogP contribution in [0.2, 0.25) is 0 Å². The molecule has 0 aromatic carbocycles. The first-order chi connectivity index (χ1) is 7.39. The lowest BCUT2D eigenvalue weighted by atomic mass is 9.85. The Labute approximate surface area is 95.5 Å². The maximum absolute atomic E-state index is 10.5. The minimum atomic E-state index is -4.55. The zero-order chi connectivity index (χ0) is 12.7.